The Morgan fingerprint density at radius 1 is 0.966 bits per heavy atom. The van der Waals surface area contributed by atoms with Crippen LogP contribution in [0.25, 0.3) is 0 Å². The van der Waals surface area contributed by atoms with Crippen molar-refractivity contribution in [2.24, 2.45) is 0 Å². The average molecular weight is 391 g/mol. The van der Waals surface area contributed by atoms with E-state index >= 15 is 0 Å². The molecule has 0 bridgehead atoms. The quantitative estimate of drug-likeness (QED) is 0.868. The summed E-state index contributed by atoms with van der Waals surface area (Å²) in [6.45, 7) is 0.193. The van der Waals surface area contributed by atoms with E-state index < -0.39 is 0 Å². The number of allylic oxidation sites excluding steroid dienone is 2. The molecule has 1 N–H and O–H groups in total. The first-order valence-corrected chi connectivity index (χ1v) is 9.72. The number of nitrogens with one attached hydrogen (secondary N) is 1. The highest BCUT2D eigenvalue weighted by atomic mass is 16.7. The fourth-order valence-electron chi connectivity index (χ4n) is 4.51. The number of Topliss-reactive ketones (excluding diaryl/α,β-unsaturated/α-hetero) is 1. The maximum Gasteiger partial charge on any atom is 0.231 e. The first kappa shape index (κ1) is 17.8. The molecule has 2 aliphatic heterocycles. The van der Waals surface area contributed by atoms with Gasteiger partial charge in [-0.1, -0.05) is 18.2 Å². The van der Waals surface area contributed by atoms with Gasteiger partial charge in [0.25, 0.3) is 0 Å². The van der Waals surface area contributed by atoms with E-state index in [4.69, 9.17) is 14.2 Å². The van der Waals surface area contributed by atoms with Crippen LogP contribution < -0.4 is 19.5 Å². The Labute approximate surface area is 168 Å². The lowest BCUT2D eigenvalue weighted by Crippen LogP contribution is -2.38. The molecule has 0 spiro atoms. The Kier molecular flexibility index (Phi) is 4.27. The average Bonchev–Trinajstić information content (AvgIpc) is 3.20. The third-order valence-electron chi connectivity index (χ3n) is 5.90. The van der Waals surface area contributed by atoms with Crippen molar-refractivity contribution in [2.75, 3.05) is 13.9 Å². The molecule has 0 saturated heterocycles. The molecule has 3 aliphatic rings. The van der Waals surface area contributed by atoms with Crippen molar-refractivity contribution in [3.8, 4) is 17.2 Å². The number of ether oxygens (including phenoxy) is 3. The van der Waals surface area contributed by atoms with Gasteiger partial charge in [-0.05, 0) is 47.7 Å². The predicted octanol–water partition coefficient (Wildman–Crippen LogP) is 3.43. The molecule has 6 nitrogen and oxygen atoms in total. The van der Waals surface area contributed by atoms with Crippen LogP contribution in [0, 0.1) is 0 Å². The summed E-state index contributed by atoms with van der Waals surface area (Å²) < 4.78 is 16.2. The molecular formula is C23H21NO5. The maximum atomic E-state index is 13.2. The Hall–Kier alpha value is -3.28. The summed E-state index contributed by atoms with van der Waals surface area (Å²) in [4.78, 5) is 25.6. The van der Waals surface area contributed by atoms with Crippen molar-refractivity contribution >= 4 is 11.7 Å². The minimum Gasteiger partial charge on any atom is -0.497 e. The third-order valence-corrected chi connectivity index (χ3v) is 5.90. The fourth-order valence-corrected chi connectivity index (χ4v) is 4.51. The van der Waals surface area contributed by atoms with Crippen molar-refractivity contribution in [1.82, 2.24) is 5.32 Å². The number of rotatable bonds is 3. The monoisotopic (exact) mass is 391 g/mol. The number of ketones is 1. The SMILES string of the molecule is COc1cccc([C@@H]2CC(=O)C3=C(C2)NC(=O)C[C@H]3c2ccc3c(c2)OCO3)c1. The molecule has 0 radical (unpaired) electrons. The van der Waals surface area contributed by atoms with Crippen LogP contribution in [0.15, 0.2) is 53.7 Å². The summed E-state index contributed by atoms with van der Waals surface area (Å²) in [6.07, 6.45) is 1.30. The van der Waals surface area contributed by atoms with Crippen LogP contribution in [-0.2, 0) is 9.59 Å². The standard InChI is InChI=1S/C23H21NO5/c1-27-16-4-2-3-13(7-16)15-8-18-23(19(25)9-15)17(11-22(26)24-18)14-5-6-20-21(10-14)29-12-28-20/h2-7,10,15,17H,8-9,11-12H2,1H3,(H,24,26)/t15-,17-/m0/s1. The van der Waals surface area contributed by atoms with Gasteiger partial charge in [0.05, 0.1) is 7.11 Å². The largest absolute Gasteiger partial charge is 0.497 e. The van der Waals surface area contributed by atoms with Gasteiger partial charge in [0.1, 0.15) is 5.75 Å². The van der Waals surface area contributed by atoms with Crippen LogP contribution >= 0.6 is 0 Å². The zero-order valence-corrected chi connectivity index (χ0v) is 16.1. The molecule has 6 heteroatoms. The van der Waals surface area contributed by atoms with E-state index in [9.17, 15) is 9.59 Å². The number of methoxy groups -OCH3 is 1. The molecule has 148 valence electrons. The summed E-state index contributed by atoms with van der Waals surface area (Å²) in [5.41, 5.74) is 3.42. The number of fused-ring (bicyclic) bond motifs is 1. The molecule has 0 unspecified atom stereocenters. The van der Waals surface area contributed by atoms with Crippen molar-refractivity contribution in [1.29, 1.82) is 0 Å². The molecule has 2 heterocycles. The minimum atomic E-state index is -0.257. The third kappa shape index (κ3) is 3.14. The summed E-state index contributed by atoms with van der Waals surface area (Å²) in [6, 6.07) is 13.4. The molecule has 2 atom stereocenters. The molecular weight excluding hydrogens is 370 g/mol. The van der Waals surface area contributed by atoms with Crippen LogP contribution in [0.2, 0.25) is 0 Å². The van der Waals surface area contributed by atoms with Gasteiger partial charge in [0.15, 0.2) is 17.3 Å². The Bertz CT molecular complexity index is 1040. The predicted molar refractivity (Wildman–Crippen MR) is 105 cm³/mol. The van der Waals surface area contributed by atoms with Crippen LogP contribution in [-0.4, -0.2) is 25.6 Å². The van der Waals surface area contributed by atoms with Crippen LogP contribution in [0.1, 0.15) is 42.2 Å². The zero-order valence-electron chi connectivity index (χ0n) is 16.1. The van der Waals surface area contributed by atoms with Crippen LogP contribution in [0.5, 0.6) is 17.2 Å². The maximum absolute atomic E-state index is 13.2. The number of hydrogen-bond donors (Lipinski definition) is 1. The Balaban J connectivity index is 1.50. The van der Waals surface area contributed by atoms with Gasteiger partial charge in [-0.3, -0.25) is 9.59 Å². The molecule has 1 aliphatic carbocycles. The topological polar surface area (TPSA) is 73.9 Å². The van der Waals surface area contributed by atoms with Crippen molar-refractivity contribution in [2.45, 2.75) is 31.1 Å². The van der Waals surface area contributed by atoms with Gasteiger partial charge in [-0.2, -0.15) is 0 Å². The van der Waals surface area contributed by atoms with Crippen molar-refractivity contribution in [3.05, 3.63) is 64.9 Å². The van der Waals surface area contributed by atoms with Gasteiger partial charge in [-0.25, -0.2) is 0 Å². The van der Waals surface area contributed by atoms with E-state index in [1.807, 2.05) is 42.5 Å². The Morgan fingerprint density at radius 3 is 2.69 bits per heavy atom. The smallest absolute Gasteiger partial charge is 0.231 e. The molecule has 5 rings (SSSR count). The van der Waals surface area contributed by atoms with E-state index in [2.05, 4.69) is 5.32 Å². The molecule has 1 amide bonds. The lowest BCUT2D eigenvalue weighted by Gasteiger charge is -2.34. The molecule has 0 fully saturated rings. The summed E-state index contributed by atoms with van der Waals surface area (Å²) in [5.74, 6) is 1.90. The number of hydrogen-bond acceptors (Lipinski definition) is 5. The molecule has 0 aromatic heterocycles. The minimum absolute atomic E-state index is 0.0205. The summed E-state index contributed by atoms with van der Waals surface area (Å²) in [7, 11) is 1.63. The summed E-state index contributed by atoms with van der Waals surface area (Å²) in [5, 5.41) is 2.96. The van der Waals surface area contributed by atoms with Gasteiger partial charge in [-0.15, -0.1) is 0 Å². The second-order valence-corrected chi connectivity index (χ2v) is 7.61. The first-order chi connectivity index (χ1) is 14.1. The van der Waals surface area contributed by atoms with Crippen molar-refractivity contribution < 1.29 is 23.8 Å². The second kappa shape index (κ2) is 6.95. The Morgan fingerprint density at radius 2 is 1.83 bits per heavy atom. The highest BCUT2D eigenvalue weighted by Crippen LogP contribution is 2.44. The van der Waals surface area contributed by atoms with Gasteiger partial charge in [0.2, 0.25) is 12.7 Å². The molecule has 0 saturated carbocycles. The second-order valence-electron chi connectivity index (χ2n) is 7.61. The molecule has 2 aromatic carbocycles. The normalized spacial score (nSPS) is 22.9. The van der Waals surface area contributed by atoms with Gasteiger partial charge in [0, 0.05) is 30.0 Å². The first-order valence-electron chi connectivity index (χ1n) is 9.72. The van der Waals surface area contributed by atoms with Crippen LogP contribution in [0.3, 0.4) is 0 Å². The fraction of sp³-hybridized carbons (Fsp3) is 0.304. The number of benzene rings is 2. The van der Waals surface area contributed by atoms with Gasteiger partial charge >= 0.3 is 0 Å². The van der Waals surface area contributed by atoms with Gasteiger partial charge < -0.3 is 19.5 Å². The van der Waals surface area contributed by atoms with E-state index in [0.29, 0.717) is 24.3 Å². The van der Waals surface area contributed by atoms with Crippen molar-refractivity contribution in [3.63, 3.8) is 0 Å². The number of carbonyl (C=O) groups is 2. The highest BCUT2D eigenvalue weighted by Gasteiger charge is 2.38. The van der Waals surface area contributed by atoms with E-state index in [-0.39, 0.29) is 36.7 Å². The lowest BCUT2D eigenvalue weighted by molar-refractivity contribution is -0.122. The number of carbonyl (C=O) groups excluding carboxylic acids is 2. The van der Waals surface area contributed by atoms with E-state index in [1.54, 1.807) is 7.11 Å². The van der Waals surface area contributed by atoms with E-state index in [0.717, 1.165) is 28.1 Å². The zero-order chi connectivity index (χ0) is 20.0. The molecule has 29 heavy (non-hydrogen) atoms. The van der Waals surface area contributed by atoms with E-state index in [1.165, 1.54) is 0 Å². The summed E-state index contributed by atoms with van der Waals surface area (Å²) >= 11 is 0. The number of amides is 1. The van der Waals surface area contributed by atoms with Crippen LogP contribution in [0.4, 0.5) is 0 Å². The molecule has 2 aromatic rings. The lowest BCUT2D eigenvalue weighted by atomic mass is 9.73. The highest BCUT2D eigenvalue weighted by molar-refractivity contribution is 6.02.